The van der Waals surface area contributed by atoms with E-state index in [0.717, 1.165) is 13.8 Å². The van der Waals surface area contributed by atoms with Gasteiger partial charge in [0.25, 0.3) is 11.8 Å². The second-order valence-corrected chi connectivity index (χ2v) is 9.76. The number of ether oxygens (including phenoxy) is 8. The first-order valence-corrected chi connectivity index (χ1v) is 13.1. The van der Waals surface area contributed by atoms with Crippen LogP contribution in [0.5, 0.6) is 0 Å². The maximum atomic E-state index is 12.8. The minimum atomic E-state index is -1.39. The van der Waals surface area contributed by atoms with Crippen LogP contribution in [-0.4, -0.2) is 111 Å². The number of imide groups is 1. The van der Waals surface area contributed by atoms with Crippen molar-refractivity contribution in [2.45, 2.75) is 83.0 Å². The van der Waals surface area contributed by atoms with Gasteiger partial charge in [-0.1, -0.05) is 12.1 Å². The number of benzene rings is 1. The second-order valence-electron chi connectivity index (χ2n) is 9.76. The fourth-order valence-corrected chi connectivity index (χ4v) is 5.09. The van der Waals surface area contributed by atoms with E-state index in [1.54, 1.807) is 19.1 Å². The molecule has 15 heteroatoms. The molecule has 0 aliphatic carbocycles. The standard InChI is InChI=1S/C27H33NO14/c1-12-19(38-13(2)29)21(39-14(3)30)23(40-15(4)31)27(37-12)42-20-18(41-26(35-6)22(20)34-5)11-36-28-24(32)16-9-7-8-10-17(16)25(28)33/h7-10,12,18-23,26-27H,11H2,1-6H3/t12-,18+,19-,20-,21+,22+,23+,26+,27-/m0/s1. The number of carbonyl (C=O) groups is 5. The summed E-state index contributed by atoms with van der Waals surface area (Å²) >= 11 is 0. The van der Waals surface area contributed by atoms with E-state index in [0.29, 0.717) is 5.06 Å². The second kappa shape index (κ2) is 13.2. The molecule has 230 valence electrons. The monoisotopic (exact) mass is 595 g/mol. The quantitative estimate of drug-likeness (QED) is 0.208. The molecule has 0 saturated carbocycles. The molecule has 3 aliphatic rings. The molecule has 4 rings (SSSR count). The Morgan fingerprint density at radius 3 is 1.81 bits per heavy atom. The number of methoxy groups -OCH3 is 2. The Hall–Kier alpha value is -3.47. The summed E-state index contributed by atoms with van der Waals surface area (Å²) in [7, 11) is 2.76. The lowest BCUT2D eigenvalue weighted by atomic mass is 9.98. The third-order valence-corrected chi connectivity index (χ3v) is 6.82. The lowest BCUT2D eigenvalue weighted by Crippen LogP contribution is -2.62. The van der Waals surface area contributed by atoms with E-state index >= 15 is 0 Å². The van der Waals surface area contributed by atoms with E-state index in [9.17, 15) is 24.0 Å². The molecular weight excluding hydrogens is 562 g/mol. The third-order valence-electron chi connectivity index (χ3n) is 6.82. The maximum absolute atomic E-state index is 12.8. The van der Waals surface area contributed by atoms with Gasteiger partial charge in [-0.05, 0) is 19.1 Å². The molecule has 0 spiro atoms. The van der Waals surface area contributed by atoms with Gasteiger partial charge in [-0.25, -0.2) is 0 Å². The van der Waals surface area contributed by atoms with E-state index in [1.165, 1.54) is 33.3 Å². The zero-order valence-electron chi connectivity index (χ0n) is 23.9. The van der Waals surface area contributed by atoms with Crippen LogP contribution in [0.3, 0.4) is 0 Å². The Morgan fingerprint density at radius 2 is 1.29 bits per heavy atom. The van der Waals surface area contributed by atoms with Gasteiger partial charge < -0.3 is 37.9 Å². The van der Waals surface area contributed by atoms with Gasteiger partial charge in [-0.3, -0.25) is 28.8 Å². The van der Waals surface area contributed by atoms with E-state index in [-0.39, 0.29) is 17.7 Å². The van der Waals surface area contributed by atoms with Crippen molar-refractivity contribution in [3.05, 3.63) is 35.4 Å². The average Bonchev–Trinajstić information content (AvgIpc) is 3.39. The first-order valence-electron chi connectivity index (χ1n) is 13.1. The van der Waals surface area contributed by atoms with Crippen molar-refractivity contribution in [3.8, 4) is 0 Å². The molecule has 0 unspecified atom stereocenters. The fourth-order valence-electron chi connectivity index (χ4n) is 5.09. The predicted octanol–water partition coefficient (Wildman–Crippen LogP) is 0.526. The fraction of sp³-hybridized carbons (Fsp3) is 0.593. The van der Waals surface area contributed by atoms with Crippen LogP contribution in [0.2, 0.25) is 0 Å². The lowest BCUT2D eigenvalue weighted by Gasteiger charge is -2.44. The number of hydrogen-bond donors (Lipinski definition) is 0. The topological polar surface area (TPSA) is 172 Å². The van der Waals surface area contributed by atoms with Gasteiger partial charge in [-0.15, -0.1) is 5.06 Å². The van der Waals surface area contributed by atoms with Crippen LogP contribution < -0.4 is 0 Å². The molecular formula is C27H33NO14. The Labute approximate surface area is 241 Å². The molecule has 9 atom stereocenters. The normalized spacial score (nSPS) is 32.4. The average molecular weight is 596 g/mol. The van der Waals surface area contributed by atoms with Crippen molar-refractivity contribution in [1.82, 2.24) is 5.06 Å². The number of hydroxylamine groups is 2. The molecule has 1 aromatic rings. The lowest BCUT2D eigenvalue weighted by molar-refractivity contribution is -0.318. The van der Waals surface area contributed by atoms with Gasteiger partial charge in [0.05, 0.1) is 17.2 Å². The summed E-state index contributed by atoms with van der Waals surface area (Å²) in [5.41, 5.74) is 0.389. The molecule has 2 amide bonds. The van der Waals surface area contributed by atoms with E-state index in [2.05, 4.69) is 0 Å². The minimum Gasteiger partial charge on any atom is -0.456 e. The summed E-state index contributed by atoms with van der Waals surface area (Å²) in [6.45, 7) is 4.65. The summed E-state index contributed by atoms with van der Waals surface area (Å²) in [5.74, 6) is -3.44. The van der Waals surface area contributed by atoms with Gasteiger partial charge in [0.15, 0.2) is 30.9 Å². The molecule has 2 saturated heterocycles. The molecule has 2 fully saturated rings. The number of esters is 3. The Bertz CT molecular complexity index is 1170. The highest BCUT2D eigenvalue weighted by atomic mass is 16.8. The number of fused-ring (bicyclic) bond motifs is 1. The molecule has 0 N–H and O–H groups in total. The summed E-state index contributed by atoms with van der Waals surface area (Å²) in [6.07, 6.45) is -9.99. The van der Waals surface area contributed by atoms with E-state index in [1.807, 2.05) is 0 Å². The van der Waals surface area contributed by atoms with Crippen molar-refractivity contribution in [2.75, 3.05) is 20.8 Å². The highest BCUT2D eigenvalue weighted by molar-refractivity contribution is 6.20. The Kier molecular flexibility index (Phi) is 9.91. The third kappa shape index (κ3) is 6.45. The highest BCUT2D eigenvalue weighted by Crippen LogP contribution is 2.35. The summed E-state index contributed by atoms with van der Waals surface area (Å²) < 4.78 is 45.3. The number of nitrogens with zero attached hydrogens (tertiary/aromatic N) is 1. The van der Waals surface area contributed by atoms with Gasteiger partial charge in [0, 0.05) is 35.0 Å². The number of carbonyl (C=O) groups excluding carboxylic acids is 5. The molecule has 42 heavy (non-hydrogen) atoms. The minimum absolute atomic E-state index is 0.194. The first-order chi connectivity index (χ1) is 20.0. The Balaban J connectivity index is 1.58. The van der Waals surface area contributed by atoms with Gasteiger partial charge in [-0.2, -0.15) is 0 Å². The number of hydrogen-bond acceptors (Lipinski definition) is 14. The van der Waals surface area contributed by atoms with Crippen LogP contribution in [0.4, 0.5) is 0 Å². The van der Waals surface area contributed by atoms with Crippen molar-refractivity contribution in [2.24, 2.45) is 0 Å². The molecule has 15 nitrogen and oxygen atoms in total. The summed E-state index contributed by atoms with van der Waals surface area (Å²) in [5, 5.41) is 0.633. The van der Waals surface area contributed by atoms with Crippen molar-refractivity contribution in [1.29, 1.82) is 0 Å². The van der Waals surface area contributed by atoms with Crippen LogP contribution in [0.25, 0.3) is 0 Å². The smallest absolute Gasteiger partial charge is 0.303 e. The summed E-state index contributed by atoms with van der Waals surface area (Å²) in [4.78, 5) is 67.0. The molecule has 3 aliphatic heterocycles. The van der Waals surface area contributed by atoms with Crippen molar-refractivity contribution < 1.29 is 66.7 Å². The largest absolute Gasteiger partial charge is 0.456 e. The first kappa shape index (κ1) is 31.5. The highest BCUT2D eigenvalue weighted by Gasteiger charge is 2.55. The van der Waals surface area contributed by atoms with Crippen LogP contribution in [0, 0.1) is 0 Å². The SMILES string of the molecule is CO[C@@H]1O[C@H](CON2C(=O)c3ccccc3C2=O)[C@H](O[C@@H]2O[C@@H](C)[C@H](OC(C)=O)[C@@H](OC(C)=O)[C@H]2OC(C)=O)[C@H]1OC. The zero-order valence-corrected chi connectivity index (χ0v) is 23.9. The molecule has 0 bridgehead atoms. The van der Waals surface area contributed by atoms with E-state index < -0.39 is 85.0 Å². The molecule has 1 aromatic carbocycles. The van der Waals surface area contributed by atoms with Gasteiger partial charge in [0.1, 0.15) is 24.9 Å². The van der Waals surface area contributed by atoms with Crippen molar-refractivity contribution >= 4 is 29.7 Å². The Morgan fingerprint density at radius 1 is 0.738 bits per heavy atom. The number of rotatable bonds is 10. The van der Waals surface area contributed by atoms with Crippen LogP contribution in [-0.2, 0) is 57.1 Å². The summed E-state index contributed by atoms with van der Waals surface area (Å²) in [6, 6.07) is 6.28. The predicted molar refractivity (Wildman–Crippen MR) is 135 cm³/mol. The van der Waals surface area contributed by atoms with Gasteiger partial charge >= 0.3 is 17.9 Å². The zero-order chi connectivity index (χ0) is 30.7. The van der Waals surface area contributed by atoms with Crippen LogP contribution >= 0.6 is 0 Å². The van der Waals surface area contributed by atoms with Crippen LogP contribution in [0.1, 0.15) is 48.4 Å². The maximum Gasteiger partial charge on any atom is 0.303 e. The van der Waals surface area contributed by atoms with Crippen LogP contribution in [0.15, 0.2) is 24.3 Å². The molecule has 0 aromatic heterocycles. The molecule has 0 radical (unpaired) electrons. The van der Waals surface area contributed by atoms with E-state index in [4.69, 9.17) is 42.7 Å². The molecule has 3 heterocycles. The van der Waals surface area contributed by atoms with Gasteiger partial charge in [0.2, 0.25) is 0 Å². The number of amides is 2. The van der Waals surface area contributed by atoms with Crippen molar-refractivity contribution in [3.63, 3.8) is 0 Å².